The number of hydrogen-bond acceptors (Lipinski definition) is 9. The molecule has 178 valence electrons. The van der Waals surface area contributed by atoms with Crippen molar-refractivity contribution in [1.82, 2.24) is 19.9 Å². The second kappa shape index (κ2) is 9.89. The number of piperazine rings is 1. The van der Waals surface area contributed by atoms with Crippen LogP contribution in [0.3, 0.4) is 0 Å². The van der Waals surface area contributed by atoms with Crippen LogP contribution in [0.25, 0.3) is 0 Å². The summed E-state index contributed by atoms with van der Waals surface area (Å²) < 4.78 is 6.01. The number of ether oxygens (including phenoxy) is 1. The molecule has 5 rings (SSSR count). The average molecular weight is 462 g/mol. The minimum absolute atomic E-state index is 0.215. The first kappa shape index (κ1) is 22.5. The first-order chi connectivity index (χ1) is 16.6. The Morgan fingerprint density at radius 1 is 1.09 bits per heavy atom. The van der Waals surface area contributed by atoms with Gasteiger partial charge in [0.15, 0.2) is 0 Å². The summed E-state index contributed by atoms with van der Waals surface area (Å²) in [5.74, 6) is 3.33. The number of carbonyl (C=O) groups is 1. The topological polar surface area (TPSA) is 95.8 Å². The number of rotatable bonds is 8. The van der Waals surface area contributed by atoms with Gasteiger partial charge in [0.1, 0.15) is 17.4 Å². The normalized spacial score (nSPS) is 18.5. The Kier molecular flexibility index (Phi) is 6.53. The number of aliphatic imine (C=N–C) groups is 1. The van der Waals surface area contributed by atoms with Gasteiger partial charge in [0.25, 0.3) is 0 Å². The number of ketones is 1. The Morgan fingerprint density at radius 3 is 2.56 bits per heavy atom. The van der Waals surface area contributed by atoms with E-state index in [0.29, 0.717) is 36.4 Å². The van der Waals surface area contributed by atoms with Crippen LogP contribution in [-0.4, -0.2) is 71.2 Å². The van der Waals surface area contributed by atoms with Crippen molar-refractivity contribution in [3.8, 4) is 11.8 Å². The van der Waals surface area contributed by atoms with Gasteiger partial charge in [-0.3, -0.25) is 9.79 Å². The number of aromatic nitrogens is 3. The summed E-state index contributed by atoms with van der Waals surface area (Å²) >= 11 is 0. The fourth-order valence-electron chi connectivity index (χ4n) is 4.06. The van der Waals surface area contributed by atoms with Gasteiger partial charge in [-0.1, -0.05) is 19.1 Å². The molecule has 3 aliphatic rings. The average Bonchev–Trinajstić information content (AvgIpc) is 3.59. The molecular weight excluding hydrogens is 430 g/mol. The van der Waals surface area contributed by atoms with Crippen LogP contribution in [0.4, 0.5) is 11.9 Å². The SMILES string of the molecule is CCC(=O)Cc1ccc(Oc2nc(NC3=NCC(C4CC4)=C3)nc(N3CCN(C)CC3)n2)cc1. The Morgan fingerprint density at radius 2 is 1.85 bits per heavy atom. The number of benzene rings is 1. The zero-order chi connectivity index (χ0) is 23.5. The smallest absolute Gasteiger partial charge is 0.328 e. The quantitative estimate of drug-likeness (QED) is 0.641. The maximum absolute atomic E-state index is 11.7. The molecule has 2 aromatic rings. The molecule has 9 nitrogen and oxygen atoms in total. The number of likely N-dealkylation sites (N-methyl/N-ethyl adjacent to an activating group) is 1. The minimum Gasteiger partial charge on any atom is -0.424 e. The van der Waals surface area contributed by atoms with Crippen molar-refractivity contribution in [3.05, 3.63) is 41.5 Å². The number of nitrogens with one attached hydrogen (secondary N) is 1. The number of amidine groups is 1. The van der Waals surface area contributed by atoms with Crippen molar-refractivity contribution in [1.29, 1.82) is 0 Å². The fourth-order valence-corrected chi connectivity index (χ4v) is 4.06. The van der Waals surface area contributed by atoms with E-state index in [1.807, 2.05) is 31.2 Å². The van der Waals surface area contributed by atoms with Crippen LogP contribution in [0.5, 0.6) is 11.8 Å². The molecule has 0 bridgehead atoms. The Bertz CT molecular complexity index is 1100. The lowest BCUT2D eigenvalue weighted by molar-refractivity contribution is -0.118. The third-order valence-corrected chi connectivity index (χ3v) is 6.41. The molecule has 0 amide bonds. The molecule has 1 aromatic heterocycles. The third kappa shape index (κ3) is 5.59. The molecule has 1 saturated carbocycles. The van der Waals surface area contributed by atoms with E-state index >= 15 is 0 Å². The molecule has 0 unspecified atom stereocenters. The number of anilines is 2. The van der Waals surface area contributed by atoms with E-state index in [2.05, 4.69) is 48.2 Å². The van der Waals surface area contributed by atoms with E-state index in [1.165, 1.54) is 18.4 Å². The van der Waals surface area contributed by atoms with E-state index < -0.39 is 0 Å². The van der Waals surface area contributed by atoms with Crippen LogP contribution < -0.4 is 15.0 Å². The van der Waals surface area contributed by atoms with Gasteiger partial charge in [-0.05, 0) is 55.2 Å². The number of Topliss-reactive ketones (excluding diaryl/α,β-unsaturated/α-hetero) is 1. The van der Waals surface area contributed by atoms with Gasteiger partial charge in [0.05, 0.1) is 6.54 Å². The van der Waals surface area contributed by atoms with E-state index in [9.17, 15) is 4.79 Å². The summed E-state index contributed by atoms with van der Waals surface area (Å²) in [4.78, 5) is 34.6. The lowest BCUT2D eigenvalue weighted by atomic mass is 10.1. The van der Waals surface area contributed by atoms with Crippen LogP contribution in [0.15, 0.2) is 40.9 Å². The zero-order valence-electron chi connectivity index (χ0n) is 19.8. The molecule has 0 radical (unpaired) electrons. The summed E-state index contributed by atoms with van der Waals surface area (Å²) in [5, 5.41) is 3.26. The molecule has 2 aliphatic heterocycles. The first-order valence-corrected chi connectivity index (χ1v) is 12.1. The molecule has 1 saturated heterocycles. The monoisotopic (exact) mass is 461 g/mol. The molecule has 0 atom stereocenters. The van der Waals surface area contributed by atoms with E-state index in [1.54, 1.807) is 0 Å². The molecule has 0 spiro atoms. The van der Waals surface area contributed by atoms with Gasteiger partial charge < -0.3 is 19.9 Å². The predicted molar refractivity (Wildman–Crippen MR) is 132 cm³/mol. The summed E-state index contributed by atoms with van der Waals surface area (Å²) in [6.07, 6.45) is 5.61. The van der Waals surface area contributed by atoms with Crippen molar-refractivity contribution in [3.63, 3.8) is 0 Å². The molecule has 34 heavy (non-hydrogen) atoms. The molecule has 1 aromatic carbocycles. The summed E-state index contributed by atoms with van der Waals surface area (Å²) in [6.45, 7) is 6.20. The zero-order valence-corrected chi connectivity index (χ0v) is 19.8. The van der Waals surface area contributed by atoms with Gasteiger partial charge in [-0.15, -0.1) is 0 Å². The highest BCUT2D eigenvalue weighted by molar-refractivity contribution is 6.04. The second-order valence-corrected chi connectivity index (χ2v) is 9.17. The van der Waals surface area contributed by atoms with E-state index in [-0.39, 0.29) is 11.8 Å². The summed E-state index contributed by atoms with van der Waals surface area (Å²) in [7, 11) is 2.12. The maximum atomic E-state index is 11.7. The molecule has 1 N–H and O–H groups in total. The minimum atomic E-state index is 0.215. The predicted octanol–water partition coefficient (Wildman–Crippen LogP) is 3.10. The highest BCUT2D eigenvalue weighted by atomic mass is 16.5. The highest BCUT2D eigenvalue weighted by Crippen LogP contribution is 2.37. The number of carbonyl (C=O) groups excluding carboxylic acids is 1. The summed E-state index contributed by atoms with van der Waals surface area (Å²) in [6, 6.07) is 7.73. The van der Waals surface area contributed by atoms with Gasteiger partial charge >= 0.3 is 6.01 Å². The van der Waals surface area contributed by atoms with Crippen molar-refractivity contribution >= 4 is 23.5 Å². The van der Waals surface area contributed by atoms with Gasteiger partial charge in [0.2, 0.25) is 11.9 Å². The lowest BCUT2D eigenvalue weighted by Gasteiger charge is -2.32. The van der Waals surface area contributed by atoms with Crippen LogP contribution in [0.1, 0.15) is 31.7 Å². The third-order valence-electron chi connectivity index (χ3n) is 6.41. The van der Waals surface area contributed by atoms with Crippen LogP contribution >= 0.6 is 0 Å². The van der Waals surface area contributed by atoms with Crippen LogP contribution in [0, 0.1) is 5.92 Å². The molecule has 9 heteroatoms. The van der Waals surface area contributed by atoms with Gasteiger partial charge in [-0.2, -0.15) is 15.0 Å². The van der Waals surface area contributed by atoms with Crippen LogP contribution in [-0.2, 0) is 11.2 Å². The Labute approximate surface area is 200 Å². The van der Waals surface area contributed by atoms with Crippen molar-refractivity contribution in [2.75, 3.05) is 50.0 Å². The van der Waals surface area contributed by atoms with Crippen molar-refractivity contribution in [2.24, 2.45) is 10.9 Å². The standard InChI is InChI=1S/C25H31N7O2/c1-3-20(33)14-17-4-8-21(9-5-17)34-25-29-23(27-22-15-19(16-26-22)18-6-7-18)28-24(30-25)32-12-10-31(2)11-13-32/h4-5,8-9,15,18H,3,6-7,10-14,16H2,1-2H3,(H,26,27,28,29,30). The molecular formula is C25H31N7O2. The molecule has 1 aliphatic carbocycles. The summed E-state index contributed by atoms with van der Waals surface area (Å²) in [5.41, 5.74) is 2.35. The lowest BCUT2D eigenvalue weighted by Crippen LogP contribution is -2.45. The van der Waals surface area contributed by atoms with Crippen LogP contribution in [0.2, 0.25) is 0 Å². The Balaban J connectivity index is 1.35. The van der Waals surface area contributed by atoms with Gasteiger partial charge in [0, 0.05) is 39.0 Å². The highest BCUT2D eigenvalue weighted by Gasteiger charge is 2.28. The largest absolute Gasteiger partial charge is 0.424 e. The van der Waals surface area contributed by atoms with Crippen molar-refractivity contribution < 1.29 is 9.53 Å². The van der Waals surface area contributed by atoms with E-state index in [4.69, 9.17) is 4.74 Å². The number of nitrogens with zero attached hydrogens (tertiary/aromatic N) is 6. The number of hydrogen-bond donors (Lipinski definition) is 1. The van der Waals surface area contributed by atoms with E-state index in [0.717, 1.165) is 44.1 Å². The van der Waals surface area contributed by atoms with Gasteiger partial charge in [-0.25, -0.2) is 0 Å². The fraction of sp³-hybridized carbons (Fsp3) is 0.480. The maximum Gasteiger partial charge on any atom is 0.328 e. The molecule has 2 fully saturated rings. The Hall–Kier alpha value is -3.33. The first-order valence-electron chi connectivity index (χ1n) is 12.1. The van der Waals surface area contributed by atoms with Crippen molar-refractivity contribution in [2.45, 2.75) is 32.6 Å². The molecule has 3 heterocycles. The second-order valence-electron chi connectivity index (χ2n) is 9.17.